The van der Waals surface area contributed by atoms with Gasteiger partial charge >= 0.3 is 0 Å². The summed E-state index contributed by atoms with van der Waals surface area (Å²) in [5.74, 6) is 1.35. The Labute approximate surface area is 151 Å². The molecule has 1 atom stereocenters. The molecule has 6 heteroatoms. The molecule has 2 aromatic carbocycles. The minimum atomic E-state index is -0.294. The van der Waals surface area contributed by atoms with Crippen molar-refractivity contribution in [3.8, 4) is 5.75 Å². The van der Waals surface area contributed by atoms with Gasteiger partial charge in [-0.15, -0.1) is 0 Å². The Hall–Kier alpha value is -2.73. The second-order valence-corrected chi connectivity index (χ2v) is 6.39. The van der Waals surface area contributed by atoms with Gasteiger partial charge in [-0.3, -0.25) is 4.90 Å². The second kappa shape index (κ2) is 7.66. The fraction of sp³-hybridized carbons (Fsp3) is 0.300. The zero-order valence-electron chi connectivity index (χ0n) is 14.3. The van der Waals surface area contributed by atoms with Crippen LogP contribution in [0, 0.1) is 5.82 Å². The molecule has 1 saturated heterocycles. The van der Waals surface area contributed by atoms with Crippen LogP contribution in [0.2, 0.25) is 0 Å². The summed E-state index contributed by atoms with van der Waals surface area (Å²) in [4.78, 5) is 6.78. The molecule has 0 bridgehead atoms. The van der Waals surface area contributed by atoms with Crippen molar-refractivity contribution in [1.82, 2.24) is 15.0 Å². The fourth-order valence-electron chi connectivity index (χ4n) is 3.33. The molecule has 1 aliphatic rings. The molecule has 1 fully saturated rings. The molecule has 3 aromatic rings. The van der Waals surface area contributed by atoms with Gasteiger partial charge in [0.15, 0.2) is 6.61 Å². The number of hydrogen-bond donors (Lipinski definition) is 0. The van der Waals surface area contributed by atoms with Crippen LogP contribution in [0.4, 0.5) is 4.39 Å². The lowest BCUT2D eigenvalue weighted by molar-refractivity contribution is 0.211. The van der Waals surface area contributed by atoms with Crippen molar-refractivity contribution in [1.29, 1.82) is 0 Å². The molecule has 0 saturated carbocycles. The van der Waals surface area contributed by atoms with Crippen LogP contribution < -0.4 is 4.74 Å². The highest BCUT2D eigenvalue weighted by atomic mass is 19.1. The van der Waals surface area contributed by atoms with Gasteiger partial charge in [0.25, 0.3) is 0 Å². The minimum Gasteiger partial charge on any atom is -0.485 e. The number of benzene rings is 2. The fourth-order valence-corrected chi connectivity index (χ4v) is 3.33. The molecule has 2 heterocycles. The van der Waals surface area contributed by atoms with Crippen LogP contribution in [0.15, 0.2) is 59.1 Å². The maximum absolute atomic E-state index is 12.9. The summed E-state index contributed by atoms with van der Waals surface area (Å²) >= 11 is 0. The third-order valence-electron chi connectivity index (χ3n) is 4.58. The number of ether oxygens (including phenoxy) is 1. The van der Waals surface area contributed by atoms with Crippen LogP contribution in [0.5, 0.6) is 5.75 Å². The van der Waals surface area contributed by atoms with E-state index in [0.29, 0.717) is 30.1 Å². The third-order valence-corrected chi connectivity index (χ3v) is 4.58. The highest BCUT2D eigenvalue weighted by Gasteiger charge is 2.27. The summed E-state index contributed by atoms with van der Waals surface area (Å²) < 4.78 is 23.8. The third kappa shape index (κ3) is 3.91. The van der Waals surface area contributed by atoms with Gasteiger partial charge in [0, 0.05) is 6.04 Å². The van der Waals surface area contributed by atoms with Crippen molar-refractivity contribution < 1.29 is 13.7 Å². The molecule has 0 spiro atoms. The largest absolute Gasteiger partial charge is 0.485 e. The van der Waals surface area contributed by atoms with Gasteiger partial charge in [-0.25, -0.2) is 4.39 Å². The molecule has 0 N–H and O–H groups in total. The number of aromatic nitrogens is 2. The van der Waals surface area contributed by atoms with Crippen molar-refractivity contribution in [3.05, 3.63) is 77.7 Å². The predicted molar refractivity (Wildman–Crippen MR) is 93.9 cm³/mol. The molecule has 134 valence electrons. The Morgan fingerprint density at radius 1 is 1.12 bits per heavy atom. The van der Waals surface area contributed by atoms with E-state index in [4.69, 9.17) is 9.26 Å². The Bertz CT molecular complexity index is 836. The topological polar surface area (TPSA) is 51.4 Å². The highest BCUT2D eigenvalue weighted by molar-refractivity contribution is 5.22. The second-order valence-electron chi connectivity index (χ2n) is 6.39. The average molecular weight is 353 g/mol. The number of halogens is 1. The van der Waals surface area contributed by atoms with Crippen LogP contribution in [0.25, 0.3) is 0 Å². The first-order valence-corrected chi connectivity index (χ1v) is 8.77. The highest BCUT2D eigenvalue weighted by Crippen LogP contribution is 2.32. The van der Waals surface area contributed by atoms with Gasteiger partial charge in [0.2, 0.25) is 11.7 Å². The van der Waals surface area contributed by atoms with E-state index in [1.807, 2.05) is 6.07 Å². The van der Waals surface area contributed by atoms with Crippen molar-refractivity contribution in [3.63, 3.8) is 0 Å². The summed E-state index contributed by atoms with van der Waals surface area (Å²) in [5, 5.41) is 3.98. The number of nitrogens with zero attached hydrogens (tertiary/aromatic N) is 3. The lowest BCUT2D eigenvalue weighted by Crippen LogP contribution is -2.22. The molecular formula is C20H20FN3O2. The van der Waals surface area contributed by atoms with Crippen LogP contribution >= 0.6 is 0 Å². The van der Waals surface area contributed by atoms with E-state index in [1.165, 1.54) is 17.7 Å². The Morgan fingerprint density at radius 2 is 1.92 bits per heavy atom. The van der Waals surface area contributed by atoms with Gasteiger partial charge in [-0.05, 0) is 49.2 Å². The zero-order chi connectivity index (χ0) is 17.8. The summed E-state index contributed by atoms with van der Waals surface area (Å²) in [6.45, 7) is 1.84. The standard InChI is InChI=1S/C20H20FN3O2/c21-16-8-10-17(11-9-16)25-14-19-22-20(26-23-19)13-24-12-4-7-18(24)15-5-2-1-3-6-15/h1-3,5-6,8-11,18H,4,7,12-14H2. The molecular weight excluding hydrogens is 333 g/mol. The van der Waals surface area contributed by atoms with E-state index in [2.05, 4.69) is 39.3 Å². The van der Waals surface area contributed by atoms with Crippen LogP contribution in [-0.2, 0) is 13.2 Å². The van der Waals surface area contributed by atoms with E-state index >= 15 is 0 Å². The summed E-state index contributed by atoms with van der Waals surface area (Å²) in [6.07, 6.45) is 2.30. The van der Waals surface area contributed by atoms with Crippen LogP contribution in [0.1, 0.15) is 36.2 Å². The SMILES string of the molecule is Fc1ccc(OCc2noc(CN3CCCC3c3ccccc3)n2)cc1. The maximum atomic E-state index is 12.9. The summed E-state index contributed by atoms with van der Waals surface area (Å²) in [7, 11) is 0. The Morgan fingerprint density at radius 3 is 2.73 bits per heavy atom. The molecule has 1 aliphatic heterocycles. The van der Waals surface area contributed by atoms with Crippen molar-refractivity contribution in [2.45, 2.75) is 32.0 Å². The first kappa shape index (κ1) is 16.7. The Kier molecular flexibility index (Phi) is 4.93. The lowest BCUT2D eigenvalue weighted by atomic mass is 10.0. The molecule has 26 heavy (non-hydrogen) atoms. The van der Waals surface area contributed by atoms with Crippen molar-refractivity contribution in [2.75, 3.05) is 6.54 Å². The first-order valence-electron chi connectivity index (χ1n) is 8.77. The molecule has 4 rings (SSSR count). The summed E-state index contributed by atoms with van der Waals surface area (Å²) in [5.41, 5.74) is 1.32. The predicted octanol–water partition coefficient (Wildman–Crippen LogP) is 4.12. The van der Waals surface area contributed by atoms with E-state index in [-0.39, 0.29) is 12.4 Å². The Balaban J connectivity index is 1.36. The number of likely N-dealkylation sites (tertiary alicyclic amines) is 1. The monoisotopic (exact) mass is 353 g/mol. The number of rotatable bonds is 6. The number of hydrogen-bond acceptors (Lipinski definition) is 5. The molecule has 1 aromatic heterocycles. The molecule has 0 aliphatic carbocycles. The zero-order valence-corrected chi connectivity index (χ0v) is 14.3. The van der Waals surface area contributed by atoms with Gasteiger partial charge in [-0.1, -0.05) is 35.5 Å². The maximum Gasteiger partial charge on any atom is 0.240 e. The van der Waals surface area contributed by atoms with Crippen LogP contribution in [-0.4, -0.2) is 21.6 Å². The van der Waals surface area contributed by atoms with Crippen LogP contribution in [0.3, 0.4) is 0 Å². The summed E-state index contributed by atoms with van der Waals surface area (Å²) in [6, 6.07) is 16.8. The van der Waals surface area contributed by atoms with E-state index in [0.717, 1.165) is 19.4 Å². The van der Waals surface area contributed by atoms with Gasteiger partial charge in [-0.2, -0.15) is 4.98 Å². The van der Waals surface area contributed by atoms with Gasteiger partial charge in [0.1, 0.15) is 11.6 Å². The quantitative estimate of drug-likeness (QED) is 0.667. The first-order chi connectivity index (χ1) is 12.8. The van der Waals surface area contributed by atoms with Gasteiger partial charge < -0.3 is 9.26 Å². The smallest absolute Gasteiger partial charge is 0.240 e. The normalized spacial score (nSPS) is 17.5. The molecule has 0 amide bonds. The molecule has 0 radical (unpaired) electrons. The average Bonchev–Trinajstić information content (AvgIpc) is 3.32. The molecule has 5 nitrogen and oxygen atoms in total. The van der Waals surface area contributed by atoms with E-state index < -0.39 is 0 Å². The minimum absolute atomic E-state index is 0.192. The molecule has 1 unspecified atom stereocenters. The van der Waals surface area contributed by atoms with Crippen molar-refractivity contribution in [2.24, 2.45) is 0 Å². The van der Waals surface area contributed by atoms with E-state index in [9.17, 15) is 4.39 Å². The lowest BCUT2D eigenvalue weighted by Gasteiger charge is -2.22. The van der Waals surface area contributed by atoms with E-state index in [1.54, 1.807) is 12.1 Å². The van der Waals surface area contributed by atoms with Crippen molar-refractivity contribution >= 4 is 0 Å². The van der Waals surface area contributed by atoms with Gasteiger partial charge in [0.05, 0.1) is 6.54 Å².